The Morgan fingerprint density at radius 2 is 1.71 bits per heavy atom. The monoisotopic (exact) mass is 364 g/mol. The first-order chi connectivity index (χ1) is 9.88. The van der Waals surface area contributed by atoms with Crippen molar-refractivity contribution in [2.75, 3.05) is 0 Å². The van der Waals surface area contributed by atoms with Crippen molar-refractivity contribution in [1.82, 2.24) is 0 Å². The van der Waals surface area contributed by atoms with Gasteiger partial charge in [0.05, 0.1) is 15.1 Å². The molecule has 0 aliphatic carbocycles. The highest BCUT2D eigenvalue weighted by atomic mass is 35.5. The van der Waals surface area contributed by atoms with Crippen LogP contribution in [-0.4, -0.2) is 11.1 Å². The van der Waals surface area contributed by atoms with E-state index in [-0.39, 0.29) is 28.0 Å². The fraction of sp³-hybridized carbons (Fsp3) is 0.0714. The van der Waals surface area contributed by atoms with Gasteiger partial charge in [0.1, 0.15) is 12.2 Å². The minimum absolute atomic E-state index is 0.0552. The van der Waals surface area contributed by atoms with Crippen molar-refractivity contribution < 1.29 is 14.6 Å². The molecule has 1 N–H and O–H groups in total. The summed E-state index contributed by atoms with van der Waals surface area (Å²) in [6, 6.07) is 7.68. The third-order valence-electron chi connectivity index (χ3n) is 2.61. The normalized spacial score (nSPS) is 10.5. The number of benzene rings is 2. The van der Waals surface area contributed by atoms with Crippen molar-refractivity contribution in [3.63, 3.8) is 0 Å². The van der Waals surface area contributed by atoms with E-state index >= 15 is 0 Å². The summed E-state index contributed by atoms with van der Waals surface area (Å²) in [5.74, 6) is -1.12. The zero-order valence-electron chi connectivity index (χ0n) is 10.4. The van der Waals surface area contributed by atoms with Crippen LogP contribution in [0.3, 0.4) is 0 Å². The van der Waals surface area contributed by atoms with Gasteiger partial charge in [0, 0.05) is 5.02 Å². The molecule has 3 nitrogen and oxygen atoms in total. The minimum atomic E-state index is -1.18. The molecule has 21 heavy (non-hydrogen) atoms. The number of carbonyl (C=O) groups is 1. The Balaban J connectivity index is 2.27. The Bertz CT molecular complexity index is 701. The smallest absolute Gasteiger partial charge is 0.339 e. The molecule has 7 heteroatoms. The van der Waals surface area contributed by atoms with E-state index in [0.29, 0.717) is 10.0 Å². The first-order valence-corrected chi connectivity index (χ1v) is 7.18. The number of carboxylic acid groups (broad SMARTS) is 1. The van der Waals surface area contributed by atoms with Crippen LogP contribution < -0.4 is 4.74 Å². The lowest BCUT2D eigenvalue weighted by Crippen LogP contribution is -2.04. The van der Waals surface area contributed by atoms with Crippen LogP contribution in [0.25, 0.3) is 0 Å². The number of carboxylic acids is 1. The number of halogens is 4. The number of ether oxygens (including phenoxy) is 1. The van der Waals surface area contributed by atoms with E-state index in [1.165, 1.54) is 12.1 Å². The molecule has 0 atom stereocenters. The van der Waals surface area contributed by atoms with Crippen molar-refractivity contribution in [2.24, 2.45) is 0 Å². The molecule has 110 valence electrons. The van der Waals surface area contributed by atoms with Gasteiger partial charge >= 0.3 is 5.97 Å². The van der Waals surface area contributed by atoms with Gasteiger partial charge in [-0.25, -0.2) is 4.79 Å². The van der Waals surface area contributed by atoms with E-state index in [1.807, 2.05) is 0 Å². The van der Waals surface area contributed by atoms with E-state index in [0.717, 1.165) is 5.56 Å². The summed E-state index contributed by atoms with van der Waals surface area (Å²) >= 11 is 23.5. The Hall–Kier alpha value is -1.13. The molecule has 0 radical (unpaired) electrons. The lowest BCUT2D eigenvalue weighted by Gasteiger charge is -2.12. The summed E-state index contributed by atoms with van der Waals surface area (Å²) in [5, 5.41) is 10.3. The van der Waals surface area contributed by atoms with Crippen LogP contribution in [0.2, 0.25) is 20.1 Å². The van der Waals surface area contributed by atoms with Gasteiger partial charge in [-0.15, -0.1) is 0 Å². The van der Waals surface area contributed by atoms with Gasteiger partial charge < -0.3 is 9.84 Å². The second kappa shape index (κ2) is 6.75. The van der Waals surface area contributed by atoms with Gasteiger partial charge in [-0.2, -0.15) is 0 Å². The quantitative estimate of drug-likeness (QED) is 0.769. The molecule has 2 aromatic rings. The Labute approximate surface area is 141 Å². The van der Waals surface area contributed by atoms with Crippen molar-refractivity contribution in [2.45, 2.75) is 6.61 Å². The number of aromatic carboxylic acids is 1. The van der Waals surface area contributed by atoms with Gasteiger partial charge in [0.2, 0.25) is 0 Å². The predicted molar refractivity (Wildman–Crippen MR) is 84.2 cm³/mol. The Kier molecular flexibility index (Phi) is 5.22. The number of hydrogen-bond acceptors (Lipinski definition) is 2. The molecule has 0 spiro atoms. The van der Waals surface area contributed by atoms with E-state index in [1.54, 1.807) is 18.2 Å². The van der Waals surface area contributed by atoms with E-state index in [9.17, 15) is 4.79 Å². The zero-order valence-corrected chi connectivity index (χ0v) is 13.4. The standard InChI is InChI=1S/C14H8Cl4O3/c15-8-4-9(14(19)20)13(12(18)5-8)21-6-7-1-2-10(16)11(17)3-7/h1-5H,6H2,(H,19,20). The average Bonchev–Trinajstić information content (AvgIpc) is 2.40. The second-order valence-electron chi connectivity index (χ2n) is 4.11. The van der Waals surface area contributed by atoms with E-state index in [4.69, 9.17) is 56.2 Å². The Morgan fingerprint density at radius 3 is 2.33 bits per heavy atom. The van der Waals surface area contributed by atoms with Crippen LogP contribution in [0.15, 0.2) is 30.3 Å². The lowest BCUT2D eigenvalue weighted by molar-refractivity contribution is 0.0691. The summed E-state index contributed by atoms with van der Waals surface area (Å²) < 4.78 is 5.49. The van der Waals surface area contributed by atoms with E-state index in [2.05, 4.69) is 0 Å². The fourth-order valence-corrected chi connectivity index (χ4v) is 2.52. The molecule has 0 amide bonds. The summed E-state index contributed by atoms with van der Waals surface area (Å²) in [7, 11) is 0. The van der Waals surface area contributed by atoms with Crippen molar-refractivity contribution in [1.29, 1.82) is 0 Å². The molecule has 0 aliphatic heterocycles. The third kappa shape index (κ3) is 3.95. The van der Waals surface area contributed by atoms with Crippen molar-refractivity contribution in [3.8, 4) is 5.75 Å². The van der Waals surface area contributed by atoms with Gasteiger partial charge in [0.25, 0.3) is 0 Å². The molecule has 2 aromatic carbocycles. The molecule has 0 fully saturated rings. The molecular formula is C14H8Cl4O3. The summed E-state index contributed by atoms with van der Waals surface area (Å²) in [6.45, 7) is 0.0958. The van der Waals surface area contributed by atoms with Crippen LogP contribution in [0.1, 0.15) is 15.9 Å². The molecule has 0 heterocycles. The van der Waals surface area contributed by atoms with Crippen LogP contribution in [0.4, 0.5) is 0 Å². The summed E-state index contributed by atoms with van der Waals surface area (Å²) in [6.07, 6.45) is 0. The average molecular weight is 366 g/mol. The number of rotatable bonds is 4. The molecular weight excluding hydrogens is 358 g/mol. The molecule has 0 unspecified atom stereocenters. The summed E-state index contributed by atoms with van der Waals surface area (Å²) in [5.41, 5.74) is 0.624. The highest BCUT2D eigenvalue weighted by molar-refractivity contribution is 6.42. The molecule has 0 aliphatic rings. The molecule has 0 aromatic heterocycles. The third-order valence-corrected chi connectivity index (χ3v) is 3.84. The van der Waals surface area contributed by atoms with Gasteiger partial charge in [-0.05, 0) is 29.8 Å². The second-order valence-corrected chi connectivity index (χ2v) is 5.76. The topological polar surface area (TPSA) is 46.5 Å². The van der Waals surface area contributed by atoms with Crippen LogP contribution >= 0.6 is 46.4 Å². The van der Waals surface area contributed by atoms with Crippen molar-refractivity contribution >= 4 is 52.4 Å². The first kappa shape index (κ1) is 16.2. The maximum absolute atomic E-state index is 11.2. The summed E-state index contributed by atoms with van der Waals surface area (Å²) in [4.78, 5) is 11.2. The Morgan fingerprint density at radius 1 is 1.00 bits per heavy atom. The highest BCUT2D eigenvalue weighted by Crippen LogP contribution is 2.33. The SMILES string of the molecule is O=C(O)c1cc(Cl)cc(Cl)c1OCc1ccc(Cl)c(Cl)c1. The zero-order chi connectivity index (χ0) is 15.6. The lowest BCUT2D eigenvalue weighted by atomic mass is 10.2. The highest BCUT2D eigenvalue weighted by Gasteiger charge is 2.16. The maximum atomic E-state index is 11.2. The van der Waals surface area contributed by atoms with Crippen LogP contribution in [0.5, 0.6) is 5.75 Å². The van der Waals surface area contributed by atoms with E-state index < -0.39 is 5.97 Å². The largest absolute Gasteiger partial charge is 0.486 e. The maximum Gasteiger partial charge on any atom is 0.339 e. The molecule has 0 saturated carbocycles. The first-order valence-electron chi connectivity index (χ1n) is 5.67. The molecule has 2 rings (SSSR count). The van der Waals surface area contributed by atoms with Crippen LogP contribution in [0, 0.1) is 0 Å². The van der Waals surface area contributed by atoms with Crippen LogP contribution in [-0.2, 0) is 6.61 Å². The van der Waals surface area contributed by atoms with Crippen molar-refractivity contribution in [3.05, 3.63) is 61.5 Å². The van der Waals surface area contributed by atoms with Gasteiger partial charge in [0.15, 0.2) is 5.75 Å². The van der Waals surface area contributed by atoms with Gasteiger partial charge in [-0.3, -0.25) is 0 Å². The molecule has 0 bridgehead atoms. The predicted octanol–water partition coefficient (Wildman–Crippen LogP) is 5.58. The van der Waals surface area contributed by atoms with Gasteiger partial charge in [-0.1, -0.05) is 52.5 Å². The minimum Gasteiger partial charge on any atom is -0.486 e. The fourth-order valence-electron chi connectivity index (χ4n) is 1.65. The number of hydrogen-bond donors (Lipinski definition) is 1. The molecule has 0 saturated heterocycles.